The van der Waals surface area contributed by atoms with Gasteiger partial charge < -0.3 is 20.1 Å². The molecule has 2 heterocycles. The van der Waals surface area contributed by atoms with E-state index in [9.17, 15) is 9.59 Å². The maximum atomic E-state index is 12.2. The van der Waals surface area contributed by atoms with Gasteiger partial charge in [-0.3, -0.25) is 9.59 Å². The molecule has 25 heavy (non-hydrogen) atoms. The second kappa shape index (κ2) is 8.64. The highest BCUT2D eigenvalue weighted by Gasteiger charge is 2.23. The van der Waals surface area contributed by atoms with Crippen molar-refractivity contribution in [1.29, 1.82) is 0 Å². The molecule has 7 nitrogen and oxygen atoms in total. The van der Waals surface area contributed by atoms with E-state index in [-0.39, 0.29) is 36.6 Å². The van der Waals surface area contributed by atoms with Gasteiger partial charge in [-0.05, 0) is 6.92 Å². The quantitative estimate of drug-likeness (QED) is 0.854. The molecule has 1 aromatic heterocycles. The zero-order valence-electron chi connectivity index (χ0n) is 13.9. The van der Waals surface area contributed by atoms with Gasteiger partial charge >= 0.3 is 0 Å². The van der Waals surface area contributed by atoms with Crippen LogP contribution in [0.4, 0.5) is 0 Å². The number of carbonyl (C=O) groups is 2. The number of halogens is 1. The van der Waals surface area contributed by atoms with Crippen molar-refractivity contribution < 1.29 is 14.1 Å². The Kier molecular flexibility index (Phi) is 6.55. The van der Waals surface area contributed by atoms with Crippen LogP contribution in [0.3, 0.4) is 0 Å². The molecule has 1 aliphatic heterocycles. The highest BCUT2D eigenvalue weighted by molar-refractivity contribution is 5.95. The number of hydrogen-bond donors (Lipinski definition) is 2. The van der Waals surface area contributed by atoms with Gasteiger partial charge in [0.25, 0.3) is 5.91 Å². The van der Waals surface area contributed by atoms with Crippen LogP contribution in [0.5, 0.6) is 0 Å². The average molecular weight is 365 g/mol. The number of nitrogens with zero attached hydrogens (tertiary/aromatic N) is 2. The van der Waals surface area contributed by atoms with Crippen molar-refractivity contribution in [2.24, 2.45) is 0 Å². The Morgan fingerprint density at radius 1 is 1.36 bits per heavy atom. The lowest BCUT2D eigenvalue weighted by Crippen LogP contribution is -2.54. The van der Waals surface area contributed by atoms with Crippen LogP contribution in [-0.4, -0.2) is 54.1 Å². The Morgan fingerprint density at radius 3 is 2.84 bits per heavy atom. The number of aromatic nitrogens is 1. The first kappa shape index (κ1) is 19.0. The lowest BCUT2D eigenvalue weighted by Gasteiger charge is -2.34. The summed E-state index contributed by atoms with van der Waals surface area (Å²) in [5.41, 5.74) is 1.00. The number of piperazine rings is 1. The Labute approximate surface area is 152 Å². The molecule has 1 aliphatic rings. The van der Waals surface area contributed by atoms with Gasteiger partial charge in [0, 0.05) is 37.3 Å². The van der Waals surface area contributed by atoms with Crippen molar-refractivity contribution in [3.05, 3.63) is 42.1 Å². The van der Waals surface area contributed by atoms with E-state index in [1.807, 2.05) is 37.3 Å². The van der Waals surface area contributed by atoms with Gasteiger partial charge in [0.2, 0.25) is 5.91 Å². The van der Waals surface area contributed by atoms with Crippen molar-refractivity contribution in [3.8, 4) is 11.3 Å². The number of hydrogen-bond acceptors (Lipinski definition) is 5. The Bertz CT molecular complexity index is 720. The van der Waals surface area contributed by atoms with E-state index in [0.717, 1.165) is 18.7 Å². The van der Waals surface area contributed by atoms with Crippen LogP contribution in [0.1, 0.15) is 17.4 Å². The molecular formula is C17H21ClN4O3. The molecule has 0 radical (unpaired) electrons. The smallest absolute Gasteiger partial charge is 0.273 e. The Balaban J connectivity index is 0.00000225. The minimum absolute atomic E-state index is 0. The summed E-state index contributed by atoms with van der Waals surface area (Å²) in [6, 6.07) is 11.1. The molecule has 2 amide bonds. The van der Waals surface area contributed by atoms with E-state index in [1.165, 1.54) is 0 Å². The topological polar surface area (TPSA) is 87.5 Å². The molecule has 1 aromatic carbocycles. The van der Waals surface area contributed by atoms with Gasteiger partial charge in [0.15, 0.2) is 11.5 Å². The maximum absolute atomic E-state index is 12.2. The van der Waals surface area contributed by atoms with Crippen molar-refractivity contribution in [2.45, 2.75) is 13.0 Å². The molecule has 0 spiro atoms. The third-order valence-electron chi connectivity index (χ3n) is 4.02. The van der Waals surface area contributed by atoms with Gasteiger partial charge in [-0.1, -0.05) is 35.5 Å². The zero-order chi connectivity index (χ0) is 16.9. The molecule has 0 aliphatic carbocycles. The summed E-state index contributed by atoms with van der Waals surface area (Å²) in [5, 5.41) is 9.61. The van der Waals surface area contributed by atoms with Crippen LogP contribution < -0.4 is 10.6 Å². The summed E-state index contributed by atoms with van der Waals surface area (Å²) in [6.07, 6.45) is 0. The predicted molar refractivity (Wildman–Crippen MR) is 95.6 cm³/mol. The highest BCUT2D eigenvalue weighted by Crippen LogP contribution is 2.19. The first-order valence-corrected chi connectivity index (χ1v) is 7.95. The van der Waals surface area contributed by atoms with Crippen LogP contribution in [0, 0.1) is 0 Å². The Morgan fingerprint density at radius 2 is 2.12 bits per heavy atom. The van der Waals surface area contributed by atoms with E-state index < -0.39 is 5.91 Å². The molecular weight excluding hydrogens is 344 g/mol. The molecule has 1 fully saturated rings. The van der Waals surface area contributed by atoms with Crippen molar-refractivity contribution in [1.82, 2.24) is 20.7 Å². The molecule has 0 saturated carbocycles. The van der Waals surface area contributed by atoms with Crippen molar-refractivity contribution >= 4 is 24.2 Å². The van der Waals surface area contributed by atoms with Crippen molar-refractivity contribution in [3.63, 3.8) is 0 Å². The first-order valence-electron chi connectivity index (χ1n) is 7.95. The fourth-order valence-corrected chi connectivity index (χ4v) is 2.68. The molecule has 1 saturated heterocycles. The van der Waals surface area contributed by atoms with Crippen LogP contribution in [0.25, 0.3) is 11.3 Å². The number of nitrogens with one attached hydrogen (secondary N) is 2. The maximum Gasteiger partial charge on any atom is 0.273 e. The molecule has 8 heteroatoms. The highest BCUT2D eigenvalue weighted by atomic mass is 35.5. The van der Waals surface area contributed by atoms with Gasteiger partial charge in [0.1, 0.15) is 0 Å². The average Bonchev–Trinajstić information content (AvgIpc) is 3.11. The van der Waals surface area contributed by atoms with E-state index in [4.69, 9.17) is 4.52 Å². The monoisotopic (exact) mass is 364 g/mol. The molecule has 1 atom stereocenters. The minimum atomic E-state index is -0.419. The molecule has 2 aromatic rings. The third kappa shape index (κ3) is 4.58. The van der Waals surface area contributed by atoms with Gasteiger partial charge in [-0.2, -0.15) is 0 Å². The summed E-state index contributed by atoms with van der Waals surface area (Å²) < 4.78 is 5.20. The second-order valence-corrected chi connectivity index (χ2v) is 5.77. The van der Waals surface area contributed by atoms with Crippen LogP contribution in [-0.2, 0) is 4.79 Å². The van der Waals surface area contributed by atoms with Gasteiger partial charge in [-0.25, -0.2) is 0 Å². The summed E-state index contributed by atoms with van der Waals surface area (Å²) in [7, 11) is 0. The normalized spacial score (nSPS) is 16.8. The van der Waals surface area contributed by atoms with Crippen molar-refractivity contribution in [2.75, 3.05) is 26.2 Å². The second-order valence-electron chi connectivity index (χ2n) is 5.77. The van der Waals surface area contributed by atoms with E-state index in [2.05, 4.69) is 15.8 Å². The molecule has 134 valence electrons. The molecule has 3 rings (SSSR count). The summed E-state index contributed by atoms with van der Waals surface area (Å²) in [6.45, 7) is 4.13. The van der Waals surface area contributed by atoms with Crippen LogP contribution in [0.15, 0.2) is 40.9 Å². The fraction of sp³-hybridized carbons (Fsp3) is 0.353. The number of rotatable bonds is 4. The standard InChI is InChI=1S/C17H20N4O3.ClH/c1-12-10-18-7-8-21(12)16(22)11-19-17(23)14-9-15(24-20-14)13-5-3-2-4-6-13;/h2-6,9,12,18H,7-8,10-11H2,1H3,(H,19,23);1H/t12-;/m1./s1. The summed E-state index contributed by atoms with van der Waals surface area (Å²) in [4.78, 5) is 26.1. The zero-order valence-corrected chi connectivity index (χ0v) is 14.7. The minimum Gasteiger partial charge on any atom is -0.355 e. The molecule has 0 unspecified atom stereocenters. The van der Waals surface area contributed by atoms with E-state index in [1.54, 1.807) is 11.0 Å². The van der Waals surface area contributed by atoms with E-state index >= 15 is 0 Å². The van der Waals surface area contributed by atoms with E-state index in [0.29, 0.717) is 12.3 Å². The van der Waals surface area contributed by atoms with Gasteiger partial charge in [-0.15, -0.1) is 12.4 Å². The Hall–Kier alpha value is -2.38. The lowest BCUT2D eigenvalue weighted by molar-refractivity contribution is -0.132. The molecule has 0 bridgehead atoms. The SMILES string of the molecule is C[C@@H]1CNCCN1C(=O)CNC(=O)c1cc(-c2ccccc2)on1.Cl. The van der Waals surface area contributed by atoms with Crippen LogP contribution >= 0.6 is 12.4 Å². The first-order chi connectivity index (χ1) is 11.6. The molecule has 2 N–H and O–H groups in total. The van der Waals surface area contributed by atoms with Gasteiger partial charge in [0.05, 0.1) is 6.54 Å². The third-order valence-corrected chi connectivity index (χ3v) is 4.02. The largest absolute Gasteiger partial charge is 0.355 e. The summed E-state index contributed by atoms with van der Waals surface area (Å²) in [5.74, 6) is 0.00370. The predicted octanol–water partition coefficient (Wildman–Crippen LogP) is 1.31. The fourth-order valence-electron chi connectivity index (χ4n) is 2.68. The lowest BCUT2D eigenvalue weighted by atomic mass is 10.1. The summed E-state index contributed by atoms with van der Waals surface area (Å²) >= 11 is 0. The number of carbonyl (C=O) groups excluding carboxylic acids is 2. The number of benzene rings is 1. The number of amides is 2. The van der Waals surface area contributed by atoms with Crippen LogP contribution in [0.2, 0.25) is 0 Å².